The highest BCUT2D eigenvalue weighted by Crippen LogP contribution is 2.28. The summed E-state index contributed by atoms with van der Waals surface area (Å²) in [4.78, 5) is 12.7. The molecule has 0 atom stereocenters. The highest BCUT2D eigenvalue weighted by Gasteiger charge is 2.21. The van der Waals surface area contributed by atoms with Gasteiger partial charge in [0.15, 0.2) is 0 Å². The fourth-order valence-electron chi connectivity index (χ4n) is 2.32. The summed E-state index contributed by atoms with van der Waals surface area (Å²) in [5.41, 5.74) is 5.25. The number of piperidine rings is 1. The van der Waals surface area contributed by atoms with E-state index in [1.165, 1.54) is 12.8 Å². The molecule has 2 amide bonds. The molecule has 18 heavy (non-hydrogen) atoms. The smallest absolute Gasteiger partial charge is 0.314 e. The van der Waals surface area contributed by atoms with E-state index in [2.05, 4.69) is 5.32 Å². The number of primary amides is 1. The fraction of sp³-hybridized carbons (Fsp3) is 0.923. The summed E-state index contributed by atoms with van der Waals surface area (Å²) < 4.78 is 5.59. The summed E-state index contributed by atoms with van der Waals surface area (Å²) in [6, 6.07) is 0.242. The number of nitrogens with one attached hydrogen (secondary N) is 1. The second kappa shape index (κ2) is 6.95. The van der Waals surface area contributed by atoms with Crippen LogP contribution < -0.4 is 11.1 Å². The molecule has 1 aliphatic carbocycles. The van der Waals surface area contributed by atoms with E-state index in [0.717, 1.165) is 58.0 Å². The minimum atomic E-state index is -0.290. The molecule has 5 heteroatoms. The van der Waals surface area contributed by atoms with E-state index in [-0.39, 0.29) is 6.03 Å². The Morgan fingerprint density at radius 1 is 1.28 bits per heavy atom. The Labute approximate surface area is 109 Å². The van der Waals surface area contributed by atoms with Gasteiger partial charge in [0.05, 0.1) is 0 Å². The molecule has 2 fully saturated rings. The van der Waals surface area contributed by atoms with Crippen LogP contribution in [0.2, 0.25) is 0 Å². The summed E-state index contributed by atoms with van der Waals surface area (Å²) in [6.07, 6.45) is 5.80. The topological polar surface area (TPSA) is 67.6 Å². The van der Waals surface area contributed by atoms with Crippen molar-refractivity contribution in [3.63, 3.8) is 0 Å². The molecule has 1 aliphatic heterocycles. The van der Waals surface area contributed by atoms with Gasteiger partial charge in [0.2, 0.25) is 0 Å². The predicted octanol–water partition coefficient (Wildman–Crippen LogP) is 0.936. The number of hydrogen-bond donors (Lipinski definition) is 2. The molecule has 0 unspecified atom stereocenters. The van der Waals surface area contributed by atoms with Crippen LogP contribution in [0.5, 0.6) is 0 Å². The minimum Gasteiger partial charge on any atom is -0.381 e. The average Bonchev–Trinajstić information content (AvgIpc) is 3.18. The van der Waals surface area contributed by atoms with Crippen molar-refractivity contribution in [1.29, 1.82) is 0 Å². The number of likely N-dealkylation sites (tertiary alicyclic amines) is 1. The van der Waals surface area contributed by atoms with Crippen molar-refractivity contribution in [2.24, 2.45) is 11.7 Å². The molecule has 1 heterocycles. The van der Waals surface area contributed by atoms with Crippen molar-refractivity contribution in [1.82, 2.24) is 10.2 Å². The standard InChI is InChI=1S/C13H25N3O2/c14-13(17)16-7-4-12(5-8-16)15-6-1-9-18-10-11-2-3-11/h11-12,15H,1-10H2,(H2,14,17). The summed E-state index contributed by atoms with van der Waals surface area (Å²) in [6.45, 7) is 4.39. The molecule has 1 saturated carbocycles. The molecule has 0 aromatic heterocycles. The first-order chi connectivity index (χ1) is 8.75. The van der Waals surface area contributed by atoms with E-state index in [4.69, 9.17) is 10.5 Å². The van der Waals surface area contributed by atoms with Gasteiger partial charge in [0, 0.05) is 32.3 Å². The van der Waals surface area contributed by atoms with Crippen LogP contribution in [0.1, 0.15) is 32.1 Å². The zero-order chi connectivity index (χ0) is 12.8. The first-order valence-electron chi connectivity index (χ1n) is 7.11. The van der Waals surface area contributed by atoms with Crippen LogP contribution >= 0.6 is 0 Å². The van der Waals surface area contributed by atoms with Crippen LogP contribution in [0.15, 0.2) is 0 Å². The van der Waals surface area contributed by atoms with Crippen LogP contribution in [0, 0.1) is 5.92 Å². The number of hydrogen-bond acceptors (Lipinski definition) is 3. The third kappa shape index (κ3) is 4.82. The molecule has 104 valence electrons. The summed E-state index contributed by atoms with van der Waals surface area (Å²) in [5, 5.41) is 3.53. The first kappa shape index (κ1) is 13.6. The van der Waals surface area contributed by atoms with Gasteiger partial charge in [-0.05, 0) is 44.6 Å². The van der Waals surface area contributed by atoms with Gasteiger partial charge < -0.3 is 20.7 Å². The lowest BCUT2D eigenvalue weighted by Gasteiger charge is -2.31. The Bertz CT molecular complexity index is 261. The van der Waals surface area contributed by atoms with Crippen molar-refractivity contribution in [2.75, 3.05) is 32.8 Å². The minimum absolute atomic E-state index is 0.290. The Morgan fingerprint density at radius 3 is 2.61 bits per heavy atom. The largest absolute Gasteiger partial charge is 0.381 e. The molecule has 1 saturated heterocycles. The first-order valence-corrected chi connectivity index (χ1v) is 7.11. The number of carbonyl (C=O) groups is 1. The lowest BCUT2D eigenvalue weighted by Crippen LogP contribution is -2.47. The van der Waals surface area contributed by atoms with Crippen molar-refractivity contribution >= 4 is 6.03 Å². The van der Waals surface area contributed by atoms with E-state index in [1.54, 1.807) is 4.90 Å². The Hall–Kier alpha value is -0.810. The monoisotopic (exact) mass is 255 g/mol. The fourth-order valence-corrected chi connectivity index (χ4v) is 2.32. The molecule has 0 radical (unpaired) electrons. The van der Waals surface area contributed by atoms with Gasteiger partial charge in [-0.2, -0.15) is 0 Å². The normalized spacial score (nSPS) is 21.2. The highest BCUT2D eigenvalue weighted by molar-refractivity contribution is 5.72. The van der Waals surface area contributed by atoms with Crippen LogP contribution in [0.4, 0.5) is 4.79 Å². The molecular formula is C13H25N3O2. The van der Waals surface area contributed by atoms with Gasteiger partial charge in [0.1, 0.15) is 0 Å². The van der Waals surface area contributed by atoms with Crippen molar-refractivity contribution in [2.45, 2.75) is 38.1 Å². The van der Waals surface area contributed by atoms with Crippen LogP contribution in [-0.4, -0.2) is 49.8 Å². The number of amides is 2. The maximum atomic E-state index is 11.0. The van der Waals surface area contributed by atoms with Gasteiger partial charge in [0.25, 0.3) is 0 Å². The number of nitrogens with zero attached hydrogens (tertiary/aromatic N) is 1. The molecule has 0 bridgehead atoms. The van der Waals surface area contributed by atoms with Gasteiger partial charge in [-0.25, -0.2) is 4.79 Å². The predicted molar refractivity (Wildman–Crippen MR) is 70.3 cm³/mol. The number of nitrogens with two attached hydrogens (primary N) is 1. The van der Waals surface area contributed by atoms with Gasteiger partial charge in [-0.1, -0.05) is 0 Å². The number of carbonyl (C=O) groups excluding carboxylic acids is 1. The molecule has 3 N–H and O–H groups in total. The van der Waals surface area contributed by atoms with Gasteiger partial charge >= 0.3 is 6.03 Å². The zero-order valence-electron chi connectivity index (χ0n) is 11.1. The van der Waals surface area contributed by atoms with Crippen LogP contribution in [0.25, 0.3) is 0 Å². The molecule has 2 aliphatic rings. The quantitative estimate of drug-likeness (QED) is 0.665. The van der Waals surface area contributed by atoms with Crippen molar-refractivity contribution in [3.8, 4) is 0 Å². The third-order valence-corrected chi connectivity index (χ3v) is 3.76. The molecular weight excluding hydrogens is 230 g/mol. The molecule has 0 aromatic carbocycles. The molecule has 5 nitrogen and oxygen atoms in total. The maximum Gasteiger partial charge on any atom is 0.314 e. The Morgan fingerprint density at radius 2 is 2.00 bits per heavy atom. The summed E-state index contributed by atoms with van der Waals surface area (Å²) >= 11 is 0. The SMILES string of the molecule is NC(=O)N1CCC(NCCCOCC2CC2)CC1. The lowest BCUT2D eigenvalue weighted by molar-refractivity contribution is 0.120. The molecule has 0 spiro atoms. The van der Waals surface area contributed by atoms with Crippen molar-refractivity contribution < 1.29 is 9.53 Å². The van der Waals surface area contributed by atoms with E-state index in [1.807, 2.05) is 0 Å². The Balaban J connectivity index is 1.43. The van der Waals surface area contributed by atoms with Gasteiger partial charge in [-0.3, -0.25) is 0 Å². The van der Waals surface area contributed by atoms with E-state index in [9.17, 15) is 4.79 Å². The highest BCUT2D eigenvalue weighted by atomic mass is 16.5. The van der Waals surface area contributed by atoms with Crippen molar-refractivity contribution in [3.05, 3.63) is 0 Å². The number of ether oxygens (including phenoxy) is 1. The second-order valence-electron chi connectivity index (χ2n) is 5.43. The summed E-state index contributed by atoms with van der Waals surface area (Å²) in [7, 11) is 0. The lowest BCUT2D eigenvalue weighted by atomic mass is 10.1. The van der Waals surface area contributed by atoms with Crippen LogP contribution in [0.3, 0.4) is 0 Å². The maximum absolute atomic E-state index is 11.0. The van der Waals surface area contributed by atoms with E-state index < -0.39 is 0 Å². The third-order valence-electron chi connectivity index (χ3n) is 3.76. The zero-order valence-corrected chi connectivity index (χ0v) is 11.1. The second-order valence-corrected chi connectivity index (χ2v) is 5.43. The van der Waals surface area contributed by atoms with Gasteiger partial charge in [-0.15, -0.1) is 0 Å². The van der Waals surface area contributed by atoms with E-state index in [0.29, 0.717) is 6.04 Å². The van der Waals surface area contributed by atoms with Crippen LogP contribution in [-0.2, 0) is 4.74 Å². The van der Waals surface area contributed by atoms with E-state index >= 15 is 0 Å². The number of urea groups is 1. The summed E-state index contributed by atoms with van der Waals surface area (Å²) in [5.74, 6) is 0.857. The molecule has 2 rings (SSSR count). The average molecular weight is 255 g/mol. The Kier molecular flexibility index (Phi) is 5.26. The number of rotatable bonds is 7. The molecule has 0 aromatic rings.